The summed E-state index contributed by atoms with van der Waals surface area (Å²) in [6, 6.07) is 11.6. The Labute approximate surface area is 129 Å². The lowest BCUT2D eigenvalue weighted by molar-refractivity contribution is 1.05. The average molecular weight is 308 g/mol. The average Bonchev–Trinajstić information content (AvgIpc) is 3.14. The molecule has 5 nitrogen and oxygen atoms in total. The van der Waals surface area contributed by atoms with Crippen molar-refractivity contribution < 1.29 is 0 Å². The Bertz CT molecular complexity index is 1010. The van der Waals surface area contributed by atoms with E-state index in [4.69, 9.17) is 0 Å². The van der Waals surface area contributed by atoms with Crippen molar-refractivity contribution in [2.45, 2.75) is 6.92 Å². The monoisotopic (exact) mass is 308 g/mol. The van der Waals surface area contributed by atoms with Gasteiger partial charge in [0.2, 0.25) is 0 Å². The maximum absolute atomic E-state index is 12.3. The van der Waals surface area contributed by atoms with Crippen LogP contribution in [0.25, 0.3) is 32.0 Å². The van der Waals surface area contributed by atoms with Crippen LogP contribution in [-0.2, 0) is 0 Å². The van der Waals surface area contributed by atoms with E-state index in [1.54, 1.807) is 6.20 Å². The van der Waals surface area contributed by atoms with Crippen molar-refractivity contribution in [2.75, 3.05) is 0 Å². The SMILES string of the molecule is Cc1[nH]ncc1-c1cc2nc(-c3ccccc3)[nH]c(=O)c2s1. The van der Waals surface area contributed by atoms with Gasteiger partial charge in [-0.1, -0.05) is 30.3 Å². The maximum atomic E-state index is 12.3. The van der Waals surface area contributed by atoms with Gasteiger partial charge in [-0.25, -0.2) is 4.98 Å². The van der Waals surface area contributed by atoms with E-state index < -0.39 is 0 Å². The van der Waals surface area contributed by atoms with Gasteiger partial charge in [-0.3, -0.25) is 9.89 Å². The molecule has 0 saturated heterocycles. The number of benzene rings is 1. The van der Waals surface area contributed by atoms with Gasteiger partial charge in [0.15, 0.2) is 0 Å². The zero-order valence-corrected chi connectivity index (χ0v) is 12.6. The number of H-pyrrole nitrogens is 2. The summed E-state index contributed by atoms with van der Waals surface area (Å²) in [5.74, 6) is 0.589. The van der Waals surface area contributed by atoms with Crippen molar-refractivity contribution in [3.8, 4) is 21.8 Å². The van der Waals surface area contributed by atoms with Gasteiger partial charge in [0.1, 0.15) is 10.5 Å². The molecular formula is C16H12N4OS. The smallest absolute Gasteiger partial charge is 0.269 e. The minimum Gasteiger partial charge on any atom is -0.305 e. The third-order valence-electron chi connectivity index (χ3n) is 3.53. The molecule has 22 heavy (non-hydrogen) atoms. The summed E-state index contributed by atoms with van der Waals surface area (Å²) in [7, 11) is 0. The first-order chi connectivity index (χ1) is 10.7. The lowest BCUT2D eigenvalue weighted by Gasteiger charge is -1.99. The predicted molar refractivity (Wildman–Crippen MR) is 88.0 cm³/mol. The molecule has 6 heteroatoms. The van der Waals surface area contributed by atoms with Gasteiger partial charge in [-0.15, -0.1) is 11.3 Å². The molecule has 0 aliphatic heterocycles. The van der Waals surface area contributed by atoms with E-state index in [9.17, 15) is 4.79 Å². The van der Waals surface area contributed by atoms with E-state index in [1.807, 2.05) is 43.3 Å². The molecule has 0 amide bonds. The van der Waals surface area contributed by atoms with E-state index in [1.165, 1.54) is 11.3 Å². The highest BCUT2D eigenvalue weighted by Crippen LogP contribution is 2.32. The van der Waals surface area contributed by atoms with Crippen LogP contribution in [0.5, 0.6) is 0 Å². The van der Waals surface area contributed by atoms with Gasteiger partial charge < -0.3 is 4.98 Å². The Kier molecular flexibility index (Phi) is 2.90. The number of aromatic nitrogens is 4. The molecule has 0 spiro atoms. The number of fused-ring (bicyclic) bond motifs is 1. The second-order valence-corrected chi connectivity index (χ2v) is 6.07. The Morgan fingerprint density at radius 2 is 2.00 bits per heavy atom. The minimum absolute atomic E-state index is 0.110. The molecule has 0 aliphatic rings. The highest BCUT2D eigenvalue weighted by Gasteiger charge is 2.13. The van der Waals surface area contributed by atoms with E-state index in [0.29, 0.717) is 16.0 Å². The fourth-order valence-corrected chi connectivity index (χ4v) is 3.46. The molecule has 0 bridgehead atoms. The van der Waals surface area contributed by atoms with Crippen molar-refractivity contribution in [3.63, 3.8) is 0 Å². The van der Waals surface area contributed by atoms with Gasteiger partial charge in [0.05, 0.1) is 11.7 Å². The Morgan fingerprint density at radius 3 is 2.73 bits per heavy atom. The van der Waals surface area contributed by atoms with Crippen molar-refractivity contribution in [2.24, 2.45) is 0 Å². The number of aromatic amines is 2. The third-order valence-corrected chi connectivity index (χ3v) is 4.68. The van der Waals surface area contributed by atoms with Crippen LogP contribution in [-0.4, -0.2) is 20.2 Å². The lowest BCUT2D eigenvalue weighted by atomic mass is 10.2. The van der Waals surface area contributed by atoms with Crippen LogP contribution in [0.1, 0.15) is 5.69 Å². The second kappa shape index (κ2) is 4.92. The Balaban J connectivity index is 1.92. The van der Waals surface area contributed by atoms with Crippen molar-refractivity contribution in [1.82, 2.24) is 20.2 Å². The highest BCUT2D eigenvalue weighted by atomic mass is 32.1. The van der Waals surface area contributed by atoms with Gasteiger partial charge in [-0.05, 0) is 13.0 Å². The first-order valence-electron chi connectivity index (χ1n) is 6.82. The maximum Gasteiger partial charge on any atom is 0.269 e. The van der Waals surface area contributed by atoms with E-state index in [0.717, 1.165) is 21.7 Å². The number of aryl methyl sites for hydroxylation is 1. The summed E-state index contributed by atoms with van der Waals surface area (Å²) in [5, 5.41) is 6.94. The molecule has 2 N–H and O–H groups in total. The molecule has 4 rings (SSSR count). The van der Waals surface area contributed by atoms with Crippen molar-refractivity contribution >= 4 is 21.6 Å². The van der Waals surface area contributed by atoms with E-state index >= 15 is 0 Å². The molecule has 3 aromatic heterocycles. The summed E-state index contributed by atoms with van der Waals surface area (Å²) < 4.78 is 0.635. The predicted octanol–water partition coefficient (Wildman–Crippen LogP) is 3.35. The number of thiophene rings is 1. The molecule has 108 valence electrons. The summed E-state index contributed by atoms with van der Waals surface area (Å²) >= 11 is 1.43. The van der Waals surface area contributed by atoms with Gasteiger partial charge >= 0.3 is 0 Å². The molecule has 0 fully saturated rings. The fraction of sp³-hybridized carbons (Fsp3) is 0.0625. The van der Waals surface area contributed by atoms with Crippen LogP contribution in [0.3, 0.4) is 0 Å². The van der Waals surface area contributed by atoms with Crippen LogP contribution >= 0.6 is 11.3 Å². The van der Waals surface area contributed by atoms with Crippen LogP contribution in [0.4, 0.5) is 0 Å². The molecule has 0 saturated carbocycles. The van der Waals surface area contributed by atoms with Crippen molar-refractivity contribution in [3.05, 3.63) is 58.6 Å². The quantitative estimate of drug-likeness (QED) is 0.596. The third kappa shape index (κ3) is 2.05. The zero-order valence-electron chi connectivity index (χ0n) is 11.8. The normalized spacial score (nSPS) is 11.1. The standard InChI is InChI=1S/C16H12N4OS/c1-9-11(8-17-20-9)13-7-12-14(22-13)16(21)19-15(18-12)10-5-3-2-4-6-10/h2-8H,1H3,(H,17,20)(H,18,19,21). The lowest BCUT2D eigenvalue weighted by Crippen LogP contribution is -2.07. The fourth-order valence-electron chi connectivity index (χ4n) is 2.40. The summed E-state index contributed by atoms with van der Waals surface area (Å²) in [6.45, 7) is 1.96. The van der Waals surface area contributed by atoms with Crippen LogP contribution in [0, 0.1) is 6.92 Å². The number of rotatable bonds is 2. The highest BCUT2D eigenvalue weighted by molar-refractivity contribution is 7.22. The number of nitrogens with one attached hydrogen (secondary N) is 2. The molecule has 0 radical (unpaired) electrons. The molecule has 1 aromatic carbocycles. The summed E-state index contributed by atoms with van der Waals surface area (Å²) in [6.07, 6.45) is 1.77. The first-order valence-corrected chi connectivity index (χ1v) is 7.63. The van der Waals surface area contributed by atoms with Crippen LogP contribution in [0.2, 0.25) is 0 Å². The summed E-state index contributed by atoms with van der Waals surface area (Å²) in [5.41, 5.74) is 3.48. The zero-order chi connectivity index (χ0) is 15.1. The van der Waals surface area contributed by atoms with Gasteiger partial charge in [0.25, 0.3) is 5.56 Å². The molecule has 4 aromatic rings. The van der Waals surface area contributed by atoms with E-state index in [2.05, 4.69) is 20.2 Å². The minimum atomic E-state index is -0.110. The largest absolute Gasteiger partial charge is 0.305 e. The molecule has 3 heterocycles. The topological polar surface area (TPSA) is 74.4 Å². The Morgan fingerprint density at radius 1 is 1.18 bits per heavy atom. The number of nitrogens with zero attached hydrogens (tertiary/aromatic N) is 2. The van der Waals surface area contributed by atoms with Crippen molar-refractivity contribution in [1.29, 1.82) is 0 Å². The first kappa shape index (κ1) is 13.0. The van der Waals surface area contributed by atoms with Gasteiger partial charge in [0, 0.05) is 21.7 Å². The summed E-state index contributed by atoms with van der Waals surface area (Å²) in [4.78, 5) is 20.8. The number of hydrogen-bond donors (Lipinski definition) is 2. The molecular weight excluding hydrogens is 296 g/mol. The molecule has 0 unspecified atom stereocenters. The van der Waals surface area contributed by atoms with Gasteiger partial charge in [-0.2, -0.15) is 5.10 Å². The molecule has 0 aliphatic carbocycles. The second-order valence-electron chi connectivity index (χ2n) is 5.01. The Hall–Kier alpha value is -2.73. The van der Waals surface area contributed by atoms with Crippen LogP contribution in [0.15, 0.2) is 47.4 Å². The number of hydrogen-bond acceptors (Lipinski definition) is 4. The molecule has 0 atom stereocenters. The van der Waals surface area contributed by atoms with Crippen LogP contribution < -0.4 is 5.56 Å². The van der Waals surface area contributed by atoms with E-state index in [-0.39, 0.29) is 5.56 Å².